The van der Waals surface area contributed by atoms with Gasteiger partial charge < -0.3 is 9.47 Å². The number of hydrogen-bond donors (Lipinski definition) is 0. The van der Waals surface area contributed by atoms with Crippen molar-refractivity contribution in [3.8, 4) is 5.75 Å². The van der Waals surface area contributed by atoms with E-state index in [1.54, 1.807) is 6.20 Å². The molecule has 4 nitrogen and oxygen atoms in total. The molecule has 0 aromatic carbocycles. The quantitative estimate of drug-likeness (QED) is 0.772. The first kappa shape index (κ1) is 13.6. The van der Waals surface area contributed by atoms with Crippen molar-refractivity contribution in [2.45, 2.75) is 32.1 Å². The second kappa shape index (κ2) is 6.34. The first-order chi connectivity index (χ1) is 8.70. The summed E-state index contributed by atoms with van der Waals surface area (Å²) in [5.74, 6) is 2.62. The summed E-state index contributed by atoms with van der Waals surface area (Å²) in [4.78, 5) is 8.74. The first-order valence-corrected chi connectivity index (χ1v) is 6.86. The minimum atomic E-state index is 0.296. The fourth-order valence-electron chi connectivity index (χ4n) is 1.84. The van der Waals surface area contributed by atoms with Gasteiger partial charge >= 0.3 is 0 Å². The van der Waals surface area contributed by atoms with Crippen LogP contribution in [0.15, 0.2) is 6.20 Å². The number of ether oxygens (including phenoxy) is 2. The number of rotatable bonds is 5. The Balaban J connectivity index is 2.02. The Bertz CT molecular complexity index is 393. The maximum atomic E-state index is 5.91. The topological polar surface area (TPSA) is 44.2 Å². The first-order valence-electron chi connectivity index (χ1n) is 6.33. The van der Waals surface area contributed by atoms with E-state index in [1.165, 1.54) is 0 Å². The Hall–Kier alpha value is -0.870. The van der Waals surface area contributed by atoms with E-state index in [9.17, 15) is 0 Å². The molecule has 0 aliphatic carbocycles. The zero-order chi connectivity index (χ0) is 13.0. The van der Waals surface area contributed by atoms with Crippen LogP contribution in [0.1, 0.15) is 37.7 Å². The van der Waals surface area contributed by atoms with E-state index >= 15 is 0 Å². The zero-order valence-electron chi connectivity index (χ0n) is 10.9. The van der Waals surface area contributed by atoms with Crippen molar-refractivity contribution < 1.29 is 9.47 Å². The molecule has 1 atom stereocenters. The summed E-state index contributed by atoms with van der Waals surface area (Å²) >= 11 is 5.91. The summed E-state index contributed by atoms with van der Waals surface area (Å²) in [6.07, 6.45) is 2.79. The van der Waals surface area contributed by atoms with Gasteiger partial charge in [-0.25, -0.2) is 9.97 Å². The molecule has 2 heterocycles. The number of alkyl halides is 1. The van der Waals surface area contributed by atoms with E-state index < -0.39 is 0 Å². The molecule has 0 N–H and O–H groups in total. The SMILES string of the molecule is CC(C)c1ncc(OCC2CCOC2)c(CCl)n1. The van der Waals surface area contributed by atoms with Crippen LogP contribution in [0.2, 0.25) is 0 Å². The molecule has 18 heavy (non-hydrogen) atoms. The minimum absolute atomic E-state index is 0.296. The van der Waals surface area contributed by atoms with Crippen molar-refractivity contribution in [3.05, 3.63) is 17.7 Å². The van der Waals surface area contributed by atoms with Crippen molar-refractivity contribution in [2.24, 2.45) is 5.92 Å². The third-order valence-electron chi connectivity index (χ3n) is 2.99. The monoisotopic (exact) mass is 270 g/mol. The average Bonchev–Trinajstić information content (AvgIpc) is 2.89. The van der Waals surface area contributed by atoms with Gasteiger partial charge in [0.25, 0.3) is 0 Å². The molecular formula is C13H19ClN2O2. The normalized spacial score (nSPS) is 19.4. The molecule has 0 saturated carbocycles. The Morgan fingerprint density at radius 3 is 3.00 bits per heavy atom. The molecule has 100 valence electrons. The van der Waals surface area contributed by atoms with Crippen LogP contribution < -0.4 is 4.74 Å². The van der Waals surface area contributed by atoms with Gasteiger partial charge in [-0.1, -0.05) is 13.8 Å². The van der Waals surface area contributed by atoms with Gasteiger partial charge in [0.2, 0.25) is 0 Å². The molecule has 1 aromatic heterocycles. The van der Waals surface area contributed by atoms with Gasteiger partial charge in [-0.2, -0.15) is 0 Å². The lowest BCUT2D eigenvalue weighted by Crippen LogP contribution is -2.13. The van der Waals surface area contributed by atoms with Gasteiger partial charge in [-0.05, 0) is 6.42 Å². The highest BCUT2D eigenvalue weighted by atomic mass is 35.5. The van der Waals surface area contributed by atoms with E-state index in [0.29, 0.717) is 30.1 Å². The lowest BCUT2D eigenvalue weighted by molar-refractivity contribution is 0.166. The van der Waals surface area contributed by atoms with Gasteiger partial charge in [0.15, 0.2) is 5.75 Å². The lowest BCUT2D eigenvalue weighted by Gasteiger charge is -2.13. The summed E-state index contributed by atoms with van der Waals surface area (Å²) < 4.78 is 11.1. The molecule has 2 rings (SSSR count). The van der Waals surface area contributed by atoms with Crippen molar-refractivity contribution >= 4 is 11.6 Å². The number of nitrogens with zero attached hydrogens (tertiary/aromatic N) is 2. The predicted molar refractivity (Wildman–Crippen MR) is 70.1 cm³/mol. The van der Waals surface area contributed by atoms with Crippen LogP contribution in [0.5, 0.6) is 5.75 Å². The molecule has 0 amide bonds. The van der Waals surface area contributed by atoms with E-state index in [1.807, 2.05) is 0 Å². The third-order valence-corrected chi connectivity index (χ3v) is 3.24. The van der Waals surface area contributed by atoms with Crippen LogP contribution >= 0.6 is 11.6 Å². The van der Waals surface area contributed by atoms with Gasteiger partial charge in [0.05, 0.1) is 25.3 Å². The van der Waals surface area contributed by atoms with Crippen molar-refractivity contribution in [2.75, 3.05) is 19.8 Å². The predicted octanol–water partition coefficient (Wildman–Crippen LogP) is 2.75. The molecular weight excluding hydrogens is 252 g/mol. The fourth-order valence-corrected chi connectivity index (χ4v) is 2.03. The number of hydrogen-bond acceptors (Lipinski definition) is 4. The van der Waals surface area contributed by atoms with E-state index in [4.69, 9.17) is 21.1 Å². The van der Waals surface area contributed by atoms with Crippen molar-refractivity contribution in [1.82, 2.24) is 9.97 Å². The molecule has 0 spiro atoms. The highest BCUT2D eigenvalue weighted by molar-refractivity contribution is 6.17. The molecule has 5 heteroatoms. The third kappa shape index (κ3) is 3.33. The highest BCUT2D eigenvalue weighted by Crippen LogP contribution is 2.22. The standard InChI is InChI=1S/C13H19ClN2O2/c1-9(2)13-15-6-12(11(5-14)16-13)18-8-10-3-4-17-7-10/h6,9-10H,3-5,7-8H2,1-2H3. The second-order valence-corrected chi connectivity index (χ2v) is 5.14. The van der Waals surface area contributed by atoms with Crippen LogP contribution in [0.3, 0.4) is 0 Å². The summed E-state index contributed by atoms with van der Waals surface area (Å²) in [6, 6.07) is 0. The van der Waals surface area contributed by atoms with Crippen LogP contribution in [0, 0.1) is 5.92 Å². The lowest BCUT2D eigenvalue weighted by atomic mass is 10.1. The summed E-state index contributed by atoms with van der Waals surface area (Å²) in [5, 5.41) is 0. The van der Waals surface area contributed by atoms with Gasteiger partial charge in [0, 0.05) is 18.4 Å². The van der Waals surface area contributed by atoms with Gasteiger partial charge in [0.1, 0.15) is 11.5 Å². The van der Waals surface area contributed by atoms with Gasteiger partial charge in [-0.3, -0.25) is 0 Å². The Kier molecular flexibility index (Phi) is 4.78. The molecule has 1 aliphatic heterocycles. The van der Waals surface area contributed by atoms with Gasteiger partial charge in [-0.15, -0.1) is 11.6 Å². The van der Waals surface area contributed by atoms with Crippen LogP contribution in [-0.2, 0) is 10.6 Å². The molecule has 1 fully saturated rings. The minimum Gasteiger partial charge on any atom is -0.490 e. The average molecular weight is 271 g/mol. The number of halogens is 1. The summed E-state index contributed by atoms with van der Waals surface area (Å²) in [6.45, 7) is 6.38. The van der Waals surface area contributed by atoms with Crippen molar-refractivity contribution in [3.63, 3.8) is 0 Å². The maximum absolute atomic E-state index is 5.91. The Labute approximate surface area is 113 Å². The maximum Gasteiger partial charge on any atom is 0.160 e. The molecule has 1 saturated heterocycles. The highest BCUT2D eigenvalue weighted by Gasteiger charge is 2.17. The van der Waals surface area contributed by atoms with Crippen LogP contribution in [0.25, 0.3) is 0 Å². The summed E-state index contributed by atoms with van der Waals surface area (Å²) in [7, 11) is 0. The molecule has 1 aromatic rings. The van der Waals surface area contributed by atoms with Crippen molar-refractivity contribution in [1.29, 1.82) is 0 Å². The second-order valence-electron chi connectivity index (χ2n) is 4.87. The fraction of sp³-hybridized carbons (Fsp3) is 0.692. The smallest absolute Gasteiger partial charge is 0.160 e. The molecule has 0 radical (unpaired) electrons. The largest absolute Gasteiger partial charge is 0.490 e. The molecule has 1 aliphatic rings. The number of aromatic nitrogens is 2. The molecule has 1 unspecified atom stereocenters. The van der Waals surface area contributed by atoms with Crippen LogP contribution in [-0.4, -0.2) is 29.8 Å². The molecule has 0 bridgehead atoms. The Morgan fingerprint density at radius 1 is 1.56 bits per heavy atom. The summed E-state index contributed by atoms with van der Waals surface area (Å²) in [5.41, 5.74) is 0.772. The van der Waals surface area contributed by atoms with E-state index in [-0.39, 0.29) is 0 Å². The van der Waals surface area contributed by atoms with Crippen LogP contribution in [0.4, 0.5) is 0 Å². The zero-order valence-corrected chi connectivity index (χ0v) is 11.6. The van der Waals surface area contributed by atoms with E-state index in [2.05, 4.69) is 23.8 Å². The Morgan fingerprint density at radius 2 is 2.39 bits per heavy atom. The van der Waals surface area contributed by atoms with E-state index in [0.717, 1.165) is 31.2 Å².